The molecule has 0 bridgehead atoms. The van der Waals surface area contributed by atoms with Crippen molar-refractivity contribution in [1.29, 1.82) is 0 Å². The molecule has 0 spiro atoms. The number of nitrogens with one attached hydrogen (secondary N) is 2. The summed E-state index contributed by atoms with van der Waals surface area (Å²) in [5.74, 6) is 1.67. The highest BCUT2D eigenvalue weighted by Gasteiger charge is 2.29. The first kappa shape index (κ1) is 15.0. The average Bonchev–Trinajstić information content (AvgIpc) is 2.97. The number of benzene rings is 1. The molecular weight excluding hydrogens is 260 g/mol. The Morgan fingerprint density at radius 1 is 1.05 bits per heavy atom. The second-order valence-corrected chi connectivity index (χ2v) is 6.66. The monoisotopic (exact) mass is 288 g/mol. The van der Waals surface area contributed by atoms with Crippen LogP contribution in [0.4, 0.5) is 0 Å². The quantitative estimate of drug-likeness (QED) is 0.788. The zero-order valence-electron chi connectivity index (χ0n) is 12.9. The van der Waals surface area contributed by atoms with Crippen LogP contribution in [0.2, 0.25) is 0 Å². The molecule has 1 aromatic rings. The molecule has 2 N–H and O–H groups in total. The molecule has 1 aliphatic heterocycles. The van der Waals surface area contributed by atoms with Crippen molar-refractivity contribution < 1.29 is 4.84 Å². The molecule has 1 saturated carbocycles. The minimum Gasteiger partial charge on any atom is -0.315 e. The first-order valence-electron chi connectivity index (χ1n) is 8.54. The standard InChI is InChI=1S/C18H28N2O/c1-3-7-15(8-4-1)11-17-12-19-13-18(17)20-21-14-16-9-5-2-6-10-16/h2,5-6,9-10,15,17-20H,1,3-4,7-8,11-14H2. The minimum absolute atomic E-state index is 0.468. The third-order valence-electron chi connectivity index (χ3n) is 5.02. The van der Waals surface area contributed by atoms with E-state index in [0.717, 1.165) is 24.9 Å². The molecule has 2 aliphatic rings. The van der Waals surface area contributed by atoms with Gasteiger partial charge in [0.15, 0.2) is 0 Å². The van der Waals surface area contributed by atoms with Gasteiger partial charge in [-0.25, -0.2) is 0 Å². The van der Waals surface area contributed by atoms with E-state index in [1.54, 1.807) is 0 Å². The topological polar surface area (TPSA) is 33.3 Å². The van der Waals surface area contributed by atoms with E-state index < -0.39 is 0 Å². The van der Waals surface area contributed by atoms with E-state index >= 15 is 0 Å². The molecular formula is C18H28N2O. The summed E-state index contributed by atoms with van der Waals surface area (Å²) in [6.45, 7) is 2.82. The van der Waals surface area contributed by atoms with E-state index in [1.165, 1.54) is 44.1 Å². The van der Waals surface area contributed by atoms with Crippen LogP contribution in [0.3, 0.4) is 0 Å². The van der Waals surface area contributed by atoms with Crippen LogP contribution in [0.15, 0.2) is 30.3 Å². The molecule has 0 amide bonds. The molecule has 2 atom stereocenters. The number of rotatable bonds is 6. The van der Waals surface area contributed by atoms with Gasteiger partial charge in [0.1, 0.15) is 0 Å². The van der Waals surface area contributed by atoms with Gasteiger partial charge in [0.25, 0.3) is 0 Å². The average molecular weight is 288 g/mol. The summed E-state index contributed by atoms with van der Waals surface area (Å²) in [5, 5.41) is 3.52. The highest BCUT2D eigenvalue weighted by atomic mass is 16.6. The second-order valence-electron chi connectivity index (χ2n) is 6.66. The van der Waals surface area contributed by atoms with Crippen LogP contribution in [-0.2, 0) is 11.4 Å². The van der Waals surface area contributed by atoms with Crippen molar-refractivity contribution in [2.45, 2.75) is 51.2 Å². The summed E-state index contributed by atoms with van der Waals surface area (Å²) in [6.07, 6.45) is 8.56. The van der Waals surface area contributed by atoms with Crippen LogP contribution in [0.5, 0.6) is 0 Å². The van der Waals surface area contributed by atoms with Gasteiger partial charge in [-0.2, -0.15) is 5.48 Å². The Morgan fingerprint density at radius 2 is 1.86 bits per heavy atom. The highest BCUT2D eigenvalue weighted by Crippen LogP contribution is 2.31. The van der Waals surface area contributed by atoms with E-state index in [2.05, 4.69) is 35.1 Å². The normalized spacial score (nSPS) is 27.0. The summed E-state index contributed by atoms with van der Waals surface area (Å²) < 4.78 is 0. The van der Waals surface area contributed by atoms with Gasteiger partial charge in [-0.15, -0.1) is 0 Å². The predicted octanol–water partition coefficient (Wildman–Crippen LogP) is 3.27. The lowest BCUT2D eigenvalue weighted by atomic mass is 9.81. The van der Waals surface area contributed by atoms with E-state index in [-0.39, 0.29) is 0 Å². The van der Waals surface area contributed by atoms with Gasteiger partial charge in [0, 0.05) is 12.6 Å². The van der Waals surface area contributed by atoms with Crippen molar-refractivity contribution in [2.75, 3.05) is 13.1 Å². The molecule has 3 rings (SSSR count). The Hall–Kier alpha value is -0.900. The van der Waals surface area contributed by atoms with Crippen molar-refractivity contribution >= 4 is 0 Å². The molecule has 3 nitrogen and oxygen atoms in total. The van der Waals surface area contributed by atoms with Crippen LogP contribution in [0.1, 0.15) is 44.1 Å². The van der Waals surface area contributed by atoms with E-state index in [0.29, 0.717) is 12.6 Å². The molecule has 2 fully saturated rings. The fourth-order valence-electron chi connectivity index (χ4n) is 3.78. The maximum Gasteiger partial charge on any atom is 0.0933 e. The van der Waals surface area contributed by atoms with Crippen molar-refractivity contribution in [1.82, 2.24) is 10.8 Å². The van der Waals surface area contributed by atoms with Gasteiger partial charge in [-0.05, 0) is 30.4 Å². The lowest BCUT2D eigenvalue weighted by Gasteiger charge is -2.27. The Bertz CT molecular complexity index is 403. The Kier molecular flexibility index (Phi) is 5.67. The third kappa shape index (κ3) is 4.53. The minimum atomic E-state index is 0.468. The van der Waals surface area contributed by atoms with Crippen LogP contribution in [-0.4, -0.2) is 19.1 Å². The fraction of sp³-hybridized carbons (Fsp3) is 0.667. The molecule has 3 heteroatoms. The lowest BCUT2D eigenvalue weighted by molar-refractivity contribution is -0.00404. The first-order chi connectivity index (χ1) is 10.4. The van der Waals surface area contributed by atoms with Gasteiger partial charge in [0.05, 0.1) is 6.61 Å². The molecule has 0 radical (unpaired) electrons. The summed E-state index contributed by atoms with van der Waals surface area (Å²) in [4.78, 5) is 5.73. The molecule has 2 unspecified atom stereocenters. The lowest BCUT2D eigenvalue weighted by Crippen LogP contribution is -2.36. The zero-order chi connectivity index (χ0) is 14.3. The maximum absolute atomic E-state index is 5.73. The van der Waals surface area contributed by atoms with Gasteiger partial charge < -0.3 is 5.32 Å². The molecule has 1 aromatic carbocycles. The summed E-state index contributed by atoms with van der Waals surface area (Å²) in [7, 11) is 0. The smallest absolute Gasteiger partial charge is 0.0933 e. The van der Waals surface area contributed by atoms with Gasteiger partial charge in [-0.3, -0.25) is 4.84 Å². The van der Waals surface area contributed by atoms with Crippen molar-refractivity contribution in [2.24, 2.45) is 11.8 Å². The Balaban J connectivity index is 1.41. The molecule has 1 aliphatic carbocycles. The van der Waals surface area contributed by atoms with Gasteiger partial charge in [0.2, 0.25) is 0 Å². The number of hydrogen-bond donors (Lipinski definition) is 2. The fourth-order valence-corrected chi connectivity index (χ4v) is 3.78. The van der Waals surface area contributed by atoms with Crippen LogP contribution in [0, 0.1) is 11.8 Å². The SMILES string of the molecule is c1ccc(CONC2CNCC2CC2CCCCC2)cc1. The van der Waals surface area contributed by atoms with Crippen LogP contribution >= 0.6 is 0 Å². The zero-order valence-corrected chi connectivity index (χ0v) is 12.9. The maximum atomic E-state index is 5.73. The summed E-state index contributed by atoms with van der Waals surface area (Å²) in [6, 6.07) is 10.8. The predicted molar refractivity (Wildman–Crippen MR) is 85.7 cm³/mol. The first-order valence-corrected chi connectivity index (χ1v) is 8.54. The second kappa shape index (κ2) is 7.92. The van der Waals surface area contributed by atoms with Gasteiger partial charge >= 0.3 is 0 Å². The van der Waals surface area contributed by atoms with Crippen molar-refractivity contribution in [3.05, 3.63) is 35.9 Å². The Labute approximate surface area is 128 Å². The van der Waals surface area contributed by atoms with E-state index in [9.17, 15) is 0 Å². The van der Waals surface area contributed by atoms with Crippen molar-refractivity contribution in [3.8, 4) is 0 Å². The molecule has 1 heterocycles. The Morgan fingerprint density at radius 3 is 2.67 bits per heavy atom. The van der Waals surface area contributed by atoms with Crippen LogP contribution in [0.25, 0.3) is 0 Å². The largest absolute Gasteiger partial charge is 0.315 e. The number of hydroxylamine groups is 1. The molecule has 1 saturated heterocycles. The van der Waals surface area contributed by atoms with E-state index in [1.807, 2.05) is 6.07 Å². The van der Waals surface area contributed by atoms with Crippen molar-refractivity contribution in [3.63, 3.8) is 0 Å². The third-order valence-corrected chi connectivity index (χ3v) is 5.02. The summed E-state index contributed by atoms with van der Waals surface area (Å²) >= 11 is 0. The molecule has 116 valence electrons. The highest BCUT2D eigenvalue weighted by molar-refractivity contribution is 5.13. The molecule has 0 aromatic heterocycles. The van der Waals surface area contributed by atoms with Crippen LogP contribution < -0.4 is 10.8 Å². The number of hydrogen-bond acceptors (Lipinski definition) is 3. The van der Waals surface area contributed by atoms with Gasteiger partial charge in [-0.1, -0.05) is 62.4 Å². The molecule has 21 heavy (non-hydrogen) atoms. The summed E-state index contributed by atoms with van der Waals surface area (Å²) in [5.41, 5.74) is 4.53. The van der Waals surface area contributed by atoms with E-state index in [4.69, 9.17) is 4.84 Å².